The first-order valence-electron chi connectivity index (χ1n) is 9.43. The van der Waals surface area contributed by atoms with Crippen LogP contribution in [0.15, 0.2) is 0 Å². The summed E-state index contributed by atoms with van der Waals surface area (Å²) < 4.78 is 0. The van der Waals surface area contributed by atoms with Gasteiger partial charge in [0.2, 0.25) is 0 Å². The van der Waals surface area contributed by atoms with Crippen molar-refractivity contribution >= 4 is 0 Å². The van der Waals surface area contributed by atoms with Crippen LogP contribution in [0.3, 0.4) is 0 Å². The van der Waals surface area contributed by atoms with Crippen molar-refractivity contribution in [2.24, 2.45) is 11.8 Å². The number of hydrogen-bond acceptors (Lipinski definition) is 3. The maximum absolute atomic E-state index is 2.83. The van der Waals surface area contributed by atoms with Gasteiger partial charge in [-0.25, -0.2) is 0 Å². The van der Waals surface area contributed by atoms with E-state index in [2.05, 4.69) is 56.4 Å². The van der Waals surface area contributed by atoms with Crippen LogP contribution in [0.25, 0.3) is 0 Å². The molecule has 0 N–H and O–H groups in total. The lowest BCUT2D eigenvalue weighted by Crippen LogP contribution is -2.59. The van der Waals surface area contributed by atoms with Gasteiger partial charge >= 0.3 is 0 Å². The first-order valence-corrected chi connectivity index (χ1v) is 9.43. The summed E-state index contributed by atoms with van der Waals surface area (Å²) in [5.74, 6) is 1.72. The molecule has 0 radical (unpaired) electrons. The van der Waals surface area contributed by atoms with Gasteiger partial charge in [-0.05, 0) is 72.0 Å². The molecule has 2 heterocycles. The molecule has 2 aliphatic rings. The zero-order valence-electron chi connectivity index (χ0n) is 15.9. The minimum atomic E-state index is 0.314. The van der Waals surface area contributed by atoms with Crippen molar-refractivity contribution in [2.75, 3.05) is 46.3 Å². The largest absolute Gasteiger partial charge is 0.306 e. The highest BCUT2D eigenvalue weighted by Gasteiger charge is 2.33. The molecule has 0 aliphatic carbocycles. The maximum atomic E-state index is 2.83. The van der Waals surface area contributed by atoms with E-state index in [0.717, 1.165) is 17.9 Å². The first kappa shape index (κ1) is 18.2. The zero-order chi connectivity index (χ0) is 16.3. The number of piperazine rings is 1. The minimum absolute atomic E-state index is 0.314. The standard InChI is InChI=1S/C19H39N3/c1-16(2)13-18-15-22(19(3,4)5)12-11-21(18)14-17-7-9-20(6)10-8-17/h16-18H,7-15H2,1-6H3/t18-/m1/s1. The zero-order valence-corrected chi connectivity index (χ0v) is 15.9. The Kier molecular flexibility index (Phi) is 6.32. The van der Waals surface area contributed by atoms with Crippen LogP contribution in [0.4, 0.5) is 0 Å². The second-order valence-electron chi connectivity index (χ2n) is 9.14. The fourth-order valence-electron chi connectivity index (χ4n) is 4.09. The van der Waals surface area contributed by atoms with Gasteiger partial charge in [-0.15, -0.1) is 0 Å². The average Bonchev–Trinajstić information content (AvgIpc) is 2.41. The van der Waals surface area contributed by atoms with Crippen LogP contribution in [0, 0.1) is 11.8 Å². The van der Waals surface area contributed by atoms with Crippen molar-refractivity contribution in [2.45, 2.75) is 65.5 Å². The van der Waals surface area contributed by atoms with Crippen LogP contribution in [0.2, 0.25) is 0 Å². The highest BCUT2D eigenvalue weighted by atomic mass is 15.3. The molecule has 2 saturated heterocycles. The lowest BCUT2D eigenvalue weighted by atomic mass is 9.92. The van der Waals surface area contributed by atoms with Crippen molar-refractivity contribution in [1.82, 2.24) is 14.7 Å². The van der Waals surface area contributed by atoms with Gasteiger partial charge in [0, 0.05) is 37.8 Å². The monoisotopic (exact) mass is 309 g/mol. The van der Waals surface area contributed by atoms with Crippen molar-refractivity contribution in [3.63, 3.8) is 0 Å². The molecule has 1 atom stereocenters. The quantitative estimate of drug-likeness (QED) is 0.790. The molecule has 0 aromatic carbocycles. The van der Waals surface area contributed by atoms with Gasteiger partial charge in [-0.2, -0.15) is 0 Å². The minimum Gasteiger partial charge on any atom is -0.306 e. The average molecular weight is 310 g/mol. The molecular weight excluding hydrogens is 270 g/mol. The van der Waals surface area contributed by atoms with Crippen LogP contribution in [-0.4, -0.2) is 72.6 Å². The second kappa shape index (κ2) is 7.63. The Balaban J connectivity index is 1.93. The topological polar surface area (TPSA) is 9.72 Å². The number of hydrogen-bond donors (Lipinski definition) is 0. The lowest BCUT2D eigenvalue weighted by Gasteiger charge is -2.48. The van der Waals surface area contributed by atoms with Gasteiger partial charge in [0.15, 0.2) is 0 Å². The van der Waals surface area contributed by atoms with Gasteiger partial charge in [0.05, 0.1) is 0 Å². The van der Waals surface area contributed by atoms with Crippen LogP contribution in [-0.2, 0) is 0 Å². The summed E-state index contributed by atoms with van der Waals surface area (Å²) in [6, 6.07) is 0.757. The molecule has 0 aromatic heterocycles. The van der Waals surface area contributed by atoms with E-state index in [1.807, 2.05) is 0 Å². The first-order chi connectivity index (χ1) is 10.3. The van der Waals surface area contributed by atoms with E-state index in [1.165, 1.54) is 58.5 Å². The van der Waals surface area contributed by atoms with Gasteiger partial charge in [-0.1, -0.05) is 13.8 Å². The second-order valence-corrected chi connectivity index (χ2v) is 9.14. The third-order valence-electron chi connectivity index (χ3n) is 5.63. The molecule has 0 amide bonds. The van der Waals surface area contributed by atoms with Gasteiger partial charge in [-0.3, -0.25) is 9.80 Å². The summed E-state index contributed by atoms with van der Waals surface area (Å²) in [4.78, 5) is 8.02. The Bertz CT molecular complexity index is 326. The fourth-order valence-corrected chi connectivity index (χ4v) is 4.09. The lowest BCUT2D eigenvalue weighted by molar-refractivity contribution is 0.00284. The molecule has 2 fully saturated rings. The molecule has 3 heteroatoms. The van der Waals surface area contributed by atoms with E-state index in [0.29, 0.717) is 5.54 Å². The smallest absolute Gasteiger partial charge is 0.0226 e. The van der Waals surface area contributed by atoms with Crippen LogP contribution >= 0.6 is 0 Å². The van der Waals surface area contributed by atoms with Crippen molar-refractivity contribution < 1.29 is 0 Å². The molecule has 0 saturated carbocycles. The normalized spacial score (nSPS) is 27.7. The number of nitrogens with zero attached hydrogens (tertiary/aromatic N) is 3. The Hall–Kier alpha value is -0.120. The summed E-state index contributed by atoms with van der Waals surface area (Å²) in [7, 11) is 2.26. The Labute approximate surface area is 139 Å². The predicted molar refractivity (Wildman–Crippen MR) is 96.4 cm³/mol. The molecule has 0 unspecified atom stereocenters. The van der Waals surface area contributed by atoms with Crippen molar-refractivity contribution in [3.05, 3.63) is 0 Å². The summed E-state index contributed by atoms with van der Waals surface area (Å²) in [6.07, 6.45) is 4.13. The molecule has 3 nitrogen and oxygen atoms in total. The molecule has 22 heavy (non-hydrogen) atoms. The summed E-state index contributed by atoms with van der Waals surface area (Å²) in [5.41, 5.74) is 0.314. The van der Waals surface area contributed by atoms with Crippen molar-refractivity contribution in [1.29, 1.82) is 0 Å². The molecule has 2 aliphatic heterocycles. The van der Waals surface area contributed by atoms with Gasteiger partial charge in [0.25, 0.3) is 0 Å². The molecular formula is C19H39N3. The van der Waals surface area contributed by atoms with E-state index in [1.54, 1.807) is 0 Å². The van der Waals surface area contributed by atoms with E-state index in [4.69, 9.17) is 0 Å². The van der Waals surface area contributed by atoms with Crippen molar-refractivity contribution in [3.8, 4) is 0 Å². The summed E-state index contributed by atoms with van der Waals surface area (Å²) in [6.45, 7) is 19.5. The van der Waals surface area contributed by atoms with Crippen LogP contribution < -0.4 is 0 Å². The molecule has 0 spiro atoms. The molecule has 0 bridgehead atoms. The predicted octanol–water partition coefficient (Wildman–Crippen LogP) is 3.16. The third kappa shape index (κ3) is 5.21. The van der Waals surface area contributed by atoms with Crippen LogP contribution in [0.5, 0.6) is 0 Å². The fraction of sp³-hybridized carbons (Fsp3) is 1.00. The van der Waals surface area contributed by atoms with Gasteiger partial charge < -0.3 is 4.90 Å². The number of likely N-dealkylation sites (tertiary alicyclic amines) is 1. The number of piperidine rings is 1. The highest BCUT2D eigenvalue weighted by molar-refractivity contribution is 4.89. The SMILES string of the molecule is CC(C)C[C@@H]1CN(C(C)(C)C)CCN1CC1CCN(C)CC1. The van der Waals surface area contributed by atoms with Crippen LogP contribution in [0.1, 0.15) is 53.9 Å². The highest BCUT2D eigenvalue weighted by Crippen LogP contribution is 2.26. The Morgan fingerprint density at radius 1 is 1.00 bits per heavy atom. The van der Waals surface area contributed by atoms with Gasteiger partial charge in [0.1, 0.15) is 0 Å². The summed E-state index contributed by atoms with van der Waals surface area (Å²) >= 11 is 0. The molecule has 0 aromatic rings. The van der Waals surface area contributed by atoms with E-state index in [9.17, 15) is 0 Å². The summed E-state index contributed by atoms with van der Waals surface area (Å²) in [5, 5.41) is 0. The Morgan fingerprint density at radius 2 is 1.64 bits per heavy atom. The maximum Gasteiger partial charge on any atom is 0.0226 e. The number of rotatable bonds is 4. The van der Waals surface area contributed by atoms with E-state index in [-0.39, 0.29) is 0 Å². The van der Waals surface area contributed by atoms with E-state index >= 15 is 0 Å². The molecule has 130 valence electrons. The van der Waals surface area contributed by atoms with E-state index < -0.39 is 0 Å². The third-order valence-corrected chi connectivity index (χ3v) is 5.63. The molecule has 2 rings (SSSR count). The Morgan fingerprint density at radius 3 is 2.18 bits per heavy atom.